The standard InChI is InChI=1S/C15H20O2/c16-10-15(9-12-1-4-13(15)7-12)8-11-2-5-14(17)6-3-11/h2-3,5-6,12-13,16-17H,1,4,7-10H2. The molecule has 0 amide bonds. The zero-order valence-electron chi connectivity index (χ0n) is 10.1. The van der Waals surface area contributed by atoms with E-state index >= 15 is 0 Å². The van der Waals surface area contributed by atoms with Crippen LogP contribution in [-0.2, 0) is 6.42 Å². The van der Waals surface area contributed by atoms with Gasteiger partial charge in [-0.1, -0.05) is 18.6 Å². The van der Waals surface area contributed by atoms with Gasteiger partial charge in [-0.3, -0.25) is 0 Å². The number of aliphatic hydroxyl groups is 1. The molecule has 3 unspecified atom stereocenters. The summed E-state index contributed by atoms with van der Waals surface area (Å²) in [6, 6.07) is 7.46. The smallest absolute Gasteiger partial charge is 0.115 e. The van der Waals surface area contributed by atoms with E-state index in [2.05, 4.69) is 0 Å². The molecular formula is C15H20O2. The third-order valence-electron chi connectivity index (χ3n) is 4.91. The highest BCUT2D eigenvalue weighted by Crippen LogP contribution is 2.57. The van der Waals surface area contributed by atoms with E-state index in [0.717, 1.165) is 12.3 Å². The average Bonchev–Trinajstić information content (AvgIpc) is 2.93. The van der Waals surface area contributed by atoms with Crippen LogP contribution < -0.4 is 0 Å². The Morgan fingerprint density at radius 3 is 2.47 bits per heavy atom. The van der Waals surface area contributed by atoms with Crippen molar-refractivity contribution in [2.75, 3.05) is 6.61 Å². The van der Waals surface area contributed by atoms with Crippen molar-refractivity contribution in [3.05, 3.63) is 29.8 Å². The predicted octanol–water partition coefficient (Wildman–Crippen LogP) is 2.73. The second-order valence-corrected chi connectivity index (χ2v) is 5.94. The molecular weight excluding hydrogens is 212 g/mol. The van der Waals surface area contributed by atoms with E-state index in [0.29, 0.717) is 18.3 Å². The summed E-state index contributed by atoms with van der Waals surface area (Å²) < 4.78 is 0. The van der Waals surface area contributed by atoms with Crippen molar-refractivity contribution in [2.24, 2.45) is 17.3 Å². The molecule has 0 saturated heterocycles. The van der Waals surface area contributed by atoms with Gasteiger partial charge in [0.2, 0.25) is 0 Å². The van der Waals surface area contributed by atoms with Gasteiger partial charge in [0.15, 0.2) is 0 Å². The molecule has 3 rings (SSSR count). The third-order valence-corrected chi connectivity index (χ3v) is 4.91. The first-order chi connectivity index (χ1) is 8.22. The number of rotatable bonds is 3. The van der Waals surface area contributed by atoms with Crippen LogP contribution in [0.2, 0.25) is 0 Å². The minimum atomic E-state index is 0.125. The van der Waals surface area contributed by atoms with Gasteiger partial charge in [-0.2, -0.15) is 0 Å². The largest absolute Gasteiger partial charge is 0.508 e. The van der Waals surface area contributed by atoms with Crippen LogP contribution in [0.15, 0.2) is 24.3 Å². The summed E-state index contributed by atoms with van der Waals surface area (Å²) in [5.41, 5.74) is 1.37. The monoisotopic (exact) mass is 232 g/mol. The molecule has 2 fully saturated rings. The molecule has 2 aliphatic rings. The minimum absolute atomic E-state index is 0.125. The predicted molar refractivity (Wildman–Crippen MR) is 66.8 cm³/mol. The number of benzene rings is 1. The second-order valence-electron chi connectivity index (χ2n) is 5.94. The van der Waals surface area contributed by atoms with E-state index in [9.17, 15) is 10.2 Å². The number of phenolic OH excluding ortho intramolecular Hbond substituents is 1. The summed E-state index contributed by atoms with van der Waals surface area (Å²) in [4.78, 5) is 0. The maximum Gasteiger partial charge on any atom is 0.115 e. The van der Waals surface area contributed by atoms with Crippen molar-refractivity contribution in [2.45, 2.75) is 32.1 Å². The molecule has 2 N–H and O–H groups in total. The van der Waals surface area contributed by atoms with Crippen LogP contribution in [0.25, 0.3) is 0 Å². The van der Waals surface area contributed by atoms with Gasteiger partial charge in [0.05, 0.1) is 0 Å². The fraction of sp³-hybridized carbons (Fsp3) is 0.600. The van der Waals surface area contributed by atoms with Crippen molar-refractivity contribution in [1.82, 2.24) is 0 Å². The highest BCUT2D eigenvalue weighted by atomic mass is 16.3. The highest BCUT2D eigenvalue weighted by molar-refractivity contribution is 5.27. The number of hydrogen-bond donors (Lipinski definition) is 2. The minimum Gasteiger partial charge on any atom is -0.508 e. The molecule has 2 heteroatoms. The number of aliphatic hydroxyl groups excluding tert-OH is 1. The van der Waals surface area contributed by atoms with E-state index in [1.807, 2.05) is 12.1 Å². The zero-order chi connectivity index (χ0) is 11.9. The van der Waals surface area contributed by atoms with Crippen LogP contribution in [0.5, 0.6) is 5.75 Å². The first kappa shape index (κ1) is 11.1. The SMILES string of the molecule is OCC1(Cc2ccc(O)cc2)CC2CCC1C2. The number of aromatic hydroxyl groups is 1. The normalized spacial score (nSPS) is 35.4. The Hall–Kier alpha value is -1.02. The highest BCUT2D eigenvalue weighted by Gasteiger charge is 2.50. The van der Waals surface area contributed by atoms with E-state index < -0.39 is 0 Å². The first-order valence-electron chi connectivity index (χ1n) is 6.61. The van der Waals surface area contributed by atoms with Gasteiger partial charge in [0.1, 0.15) is 5.75 Å². The lowest BCUT2D eigenvalue weighted by Crippen LogP contribution is -2.34. The lowest BCUT2D eigenvalue weighted by molar-refractivity contribution is 0.0651. The Balaban J connectivity index is 1.80. The first-order valence-corrected chi connectivity index (χ1v) is 6.61. The summed E-state index contributed by atoms with van der Waals surface area (Å²) in [7, 11) is 0. The molecule has 0 aliphatic heterocycles. The molecule has 92 valence electrons. The average molecular weight is 232 g/mol. The molecule has 0 radical (unpaired) electrons. The van der Waals surface area contributed by atoms with Gasteiger partial charge in [0.25, 0.3) is 0 Å². The molecule has 3 atom stereocenters. The van der Waals surface area contributed by atoms with Gasteiger partial charge in [-0.25, -0.2) is 0 Å². The fourth-order valence-corrected chi connectivity index (χ4v) is 4.04. The Bertz CT molecular complexity index is 398. The fourth-order valence-electron chi connectivity index (χ4n) is 4.04. The van der Waals surface area contributed by atoms with E-state index in [1.165, 1.54) is 31.2 Å². The summed E-state index contributed by atoms with van der Waals surface area (Å²) in [5.74, 6) is 1.88. The number of fused-ring (bicyclic) bond motifs is 2. The van der Waals surface area contributed by atoms with Crippen LogP contribution in [0.3, 0.4) is 0 Å². The van der Waals surface area contributed by atoms with Crippen LogP contribution in [0, 0.1) is 17.3 Å². The summed E-state index contributed by atoms with van der Waals surface area (Å²) in [6.45, 7) is 0.315. The van der Waals surface area contributed by atoms with Gasteiger partial charge in [-0.15, -0.1) is 0 Å². The Morgan fingerprint density at radius 2 is 1.94 bits per heavy atom. The van der Waals surface area contributed by atoms with Crippen molar-refractivity contribution >= 4 is 0 Å². The van der Waals surface area contributed by atoms with Gasteiger partial charge in [-0.05, 0) is 55.2 Å². The third kappa shape index (κ3) is 1.85. The van der Waals surface area contributed by atoms with E-state index in [-0.39, 0.29) is 5.41 Å². The molecule has 17 heavy (non-hydrogen) atoms. The van der Waals surface area contributed by atoms with Crippen LogP contribution in [-0.4, -0.2) is 16.8 Å². The van der Waals surface area contributed by atoms with Crippen molar-refractivity contribution in [3.63, 3.8) is 0 Å². The Labute approximate surface area is 102 Å². The van der Waals surface area contributed by atoms with Gasteiger partial charge >= 0.3 is 0 Å². The quantitative estimate of drug-likeness (QED) is 0.841. The maximum absolute atomic E-state index is 9.81. The van der Waals surface area contributed by atoms with Crippen LogP contribution in [0.4, 0.5) is 0 Å². The van der Waals surface area contributed by atoms with Crippen LogP contribution in [0.1, 0.15) is 31.2 Å². The number of phenols is 1. The van der Waals surface area contributed by atoms with E-state index in [4.69, 9.17) is 0 Å². The van der Waals surface area contributed by atoms with Crippen molar-refractivity contribution in [1.29, 1.82) is 0 Å². The van der Waals surface area contributed by atoms with Gasteiger partial charge < -0.3 is 10.2 Å². The van der Waals surface area contributed by atoms with Gasteiger partial charge in [0, 0.05) is 12.0 Å². The Kier molecular flexibility index (Phi) is 2.62. The number of hydrogen-bond acceptors (Lipinski definition) is 2. The van der Waals surface area contributed by atoms with E-state index in [1.54, 1.807) is 12.1 Å². The molecule has 2 bridgehead atoms. The molecule has 0 spiro atoms. The van der Waals surface area contributed by atoms with Crippen LogP contribution >= 0.6 is 0 Å². The molecule has 2 nitrogen and oxygen atoms in total. The summed E-state index contributed by atoms with van der Waals surface area (Å²) in [6.07, 6.45) is 6.13. The zero-order valence-corrected chi connectivity index (χ0v) is 10.1. The lowest BCUT2D eigenvalue weighted by Gasteiger charge is -2.36. The molecule has 2 aliphatic carbocycles. The maximum atomic E-state index is 9.81. The summed E-state index contributed by atoms with van der Waals surface area (Å²) >= 11 is 0. The van der Waals surface area contributed by atoms with Crippen molar-refractivity contribution < 1.29 is 10.2 Å². The molecule has 0 aromatic heterocycles. The topological polar surface area (TPSA) is 40.5 Å². The molecule has 0 heterocycles. The summed E-state index contributed by atoms with van der Waals surface area (Å²) in [5, 5.41) is 19.1. The molecule has 2 saturated carbocycles. The second kappa shape index (κ2) is 4.02. The molecule has 1 aromatic rings. The Morgan fingerprint density at radius 1 is 1.18 bits per heavy atom. The van der Waals surface area contributed by atoms with Crippen molar-refractivity contribution in [3.8, 4) is 5.75 Å². The molecule has 1 aromatic carbocycles. The lowest BCUT2D eigenvalue weighted by atomic mass is 9.70.